The largest absolute Gasteiger partial charge is 0.497 e. The number of nitrogens with zero attached hydrogens (tertiary/aromatic N) is 1. The molecule has 0 unspecified atom stereocenters. The summed E-state index contributed by atoms with van der Waals surface area (Å²) in [7, 11) is -2.27. The summed E-state index contributed by atoms with van der Waals surface area (Å²) in [5, 5.41) is 0.304. The maximum absolute atomic E-state index is 12.8. The number of hydrogen-bond donors (Lipinski definition) is 1. The molecule has 32 heavy (non-hydrogen) atoms. The van der Waals surface area contributed by atoms with Crippen molar-refractivity contribution in [3.63, 3.8) is 0 Å². The average molecular weight is 469 g/mol. The normalized spacial score (nSPS) is 11.4. The summed E-state index contributed by atoms with van der Waals surface area (Å²) < 4.78 is 38.8. The van der Waals surface area contributed by atoms with Gasteiger partial charge in [0, 0.05) is 11.3 Å². The molecule has 0 atom stereocenters. The van der Waals surface area contributed by atoms with Crippen molar-refractivity contribution in [1.29, 1.82) is 0 Å². The summed E-state index contributed by atoms with van der Waals surface area (Å²) in [5.41, 5.74) is 2.96. The van der Waals surface area contributed by atoms with E-state index in [-0.39, 0.29) is 16.4 Å². The van der Waals surface area contributed by atoms with Gasteiger partial charge in [0.25, 0.3) is 15.2 Å². The van der Waals surface area contributed by atoms with Crippen molar-refractivity contribution in [2.75, 3.05) is 17.6 Å². The van der Waals surface area contributed by atoms with E-state index in [1.54, 1.807) is 42.5 Å². The molecule has 9 heteroatoms. The van der Waals surface area contributed by atoms with E-state index >= 15 is 0 Å². The van der Waals surface area contributed by atoms with Crippen LogP contribution in [-0.2, 0) is 10.0 Å². The number of methoxy groups -OCH3 is 1. The first-order chi connectivity index (χ1) is 15.3. The molecular formula is C23H20N2O5S2. The summed E-state index contributed by atoms with van der Waals surface area (Å²) in [6, 6.07) is 18.4. The molecule has 0 aliphatic heterocycles. The van der Waals surface area contributed by atoms with Gasteiger partial charge in [-0.2, -0.15) is 0 Å². The predicted octanol–water partition coefficient (Wildman–Crippen LogP) is 4.92. The summed E-state index contributed by atoms with van der Waals surface area (Å²) in [6.45, 7) is 1.96. The highest BCUT2D eigenvalue weighted by molar-refractivity contribution is 7.99. The van der Waals surface area contributed by atoms with Crippen molar-refractivity contribution in [1.82, 2.24) is 4.98 Å². The number of aryl methyl sites for hydroxylation is 1. The molecule has 0 fully saturated rings. The molecule has 1 N–H and O–H groups in total. The van der Waals surface area contributed by atoms with E-state index in [9.17, 15) is 13.2 Å². The van der Waals surface area contributed by atoms with E-state index in [0.29, 0.717) is 33.3 Å². The number of oxazole rings is 1. The fraction of sp³-hybridized carbons (Fsp3) is 0.130. The van der Waals surface area contributed by atoms with Crippen molar-refractivity contribution in [3.05, 3.63) is 77.9 Å². The standard InChI is InChI=1S/C23H20N2O5S2/c1-15-3-5-16(6-4-15)21(26)14-31-23-24-20-13-19(11-12-22(20)30-23)32(27,28)25-17-7-9-18(29-2)10-8-17/h3-13,25H,14H2,1-2H3. The molecule has 0 spiro atoms. The van der Waals surface area contributed by atoms with Gasteiger partial charge in [-0.15, -0.1) is 0 Å². The molecule has 1 aromatic heterocycles. The minimum absolute atomic E-state index is 0.0378. The third kappa shape index (κ3) is 4.95. The van der Waals surface area contributed by atoms with Crippen LogP contribution in [0.3, 0.4) is 0 Å². The molecule has 0 amide bonds. The van der Waals surface area contributed by atoms with Gasteiger partial charge < -0.3 is 9.15 Å². The molecule has 4 rings (SSSR count). The fourth-order valence-corrected chi connectivity index (χ4v) is 4.75. The number of Topliss-reactive ketones (excluding diaryl/α,β-unsaturated/α-hetero) is 1. The fourth-order valence-electron chi connectivity index (χ4n) is 2.94. The summed E-state index contributed by atoms with van der Waals surface area (Å²) in [4.78, 5) is 16.7. The van der Waals surface area contributed by atoms with Crippen molar-refractivity contribution >= 4 is 44.4 Å². The third-order valence-electron chi connectivity index (χ3n) is 4.69. The first kappa shape index (κ1) is 21.9. The SMILES string of the molecule is COc1ccc(NS(=O)(=O)c2ccc3oc(SCC(=O)c4ccc(C)cc4)nc3c2)cc1. The third-order valence-corrected chi connectivity index (χ3v) is 6.90. The van der Waals surface area contributed by atoms with Crippen LogP contribution in [-0.4, -0.2) is 32.0 Å². The number of ether oxygens (including phenoxy) is 1. The van der Waals surface area contributed by atoms with Gasteiger partial charge in [0.15, 0.2) is 11.4 Å². The van der Waals surface area contributed by atoms with E-state index in [1.807, 2.05) is 19.1 Å². The topological polar surface area (TPSA) is 98.5 Å². The number of nitrogens with one attached hydrogen (secondary N) is 1. The summed E-state index contributed by atoms with van der Waals surface area (Å²) >= 11 is 1.17. The van der Waals surface area contributed by atoms with E-state index in [4.69, 9.17) is 9.15 Å². The van der Waals surface area contributed by atoms with Crippen LogP contribution in [0.4, 0.5) is 5.69 Å². The molecule has 4 aromatic rings. The van der Waals surface area contributed by atoms with Gasteiger partial charge in [-0.05, 0) is 49.4 Å². The van der Waals surface area contributed by atoms with Crippen LogP contribution in [0.1, 0.15) is 15.9 Å². The Bertz CT molecular complexity index is 1360. The van der Waals surface area contributed by atoms with E-state index in [2.05, 4.69) is 9.71 Å². The van der Waals surface area contributed by atoms with Crippen molar-refractivity contribution in [2.45, 2.75) is 17.0 Å². The van der Waals surface area contributed by atoms with Gasteiger partial charge >= 0.3 is 0 Å². The molecule has 0 aliphatic carbocycles. The Hall–Kier alpha value is -3.30. The molecular weight excluding hydrogens is 448 g/mol. The Morgan fingerprint density at radius 2 is 1.78 bits per heavy atom. The number of anilines is 1. The quantitative estimate of drug-likeness (QED) is 0.289. The minimum atomic E-state index is -3.81. The van der Waals surface area contributed by atoms with Crippen LogP contribution in [0.25, 0.3) is 11.1 Å². The molecule has 3 aromatic carbocycles. The number of ketones is 1. The lowest BCUT2D eigenvalue weighted by atomic mass is 10.1. The molecule has 0 bridgehead atoms. The second-order valence-corrected chi connectivity index (χ2v) is 9.63. The van der Waals surface area contributed by atoms with E-state index < -0.39 is 10.0 Å². The molecule has 164 valence electrons. The van der Waals surface area contributed by atoms with Crippen molar-refractivity contribution in [3.8, 4) is 5.75 Å². The van der Waals surface area contributed by atoms with Gasteiger partial charge in [-0.3, -0.25) is 9.52 Å². The zero-order valence-electron chi connectivity index (χ0n) is 17.4. The Labute approximate surface area is 189 Å². The Morgan fingerprint density at radius 1 is 1.06 bits per heavy atom. The average Bonchev–Trinajstić information content (AvgIpc) is 3.20. The number of hydrogen-bond acceptors (Lipinski definition) is 7. The molecule has 0 aliphatic rings. The van der Waals surface area contributed by atoms with Gasteiger partial charge in [0.05, 0.1) is 17.8 Å². The van der Waals surface area contributed by atoms with Gasteiger partial charge in [-0.1, -0.05) is 41.6 Å². The van der Waals surface area contributed by atoms with Crippen LogP contribution in [0.2, 0.25) is 0 Å². The van der Waals surface area contributed by atoms with Crippen LogP contribution in [0.5, 0.6) is 5.75 Å². The van der Waals surface area contributed by atoms with Crippen LogP contribution in [0.15, 0.2) is 81.3 Å². The zero-order valence-corrected chi connectivity index (χ0v) is 19.0. The zero-order chi connectivity index (χ0) is 22.7. The van der Waals surface area contributed by atoms with Crippen LogP contribution >= 0.6 is 11.8 Å². The van der Waals surface area contributed by atoms with Crippen LogP contribution in [0, 0.1) is 6.92 Å². The number of fused-ring (bicyclic) bond motifs is 1. The molecule has 1 heterocycles. The Morgan fingerprint density at radius 3 is 2.47 bits per heavy atom. The highest BCUT2D eigenvalue weighted by Gasteiger charge is 2.17. The van der Waals surface area contributed by atoms with Gasteiger partial charge in [0.1, 0.15) is 11.3 Å². The first-order valence-electron chi connectivity index (χ1n) is 9.64. The minimum Gasteiger partial charge on any atom is -0.497 e. The number of rotatable bonds is 8. The Balaban J connectivity index is 1.48. The number of carbonyl (C=O) groups excluding carboxylic acids is 1. The highest BCUT2D eigenvalue weighted by atomic mass is 32.2. The number of thioether (sulfide) groups is 1. The highest BCUT2D eigenvalue weighted by Crippen LogP contribution is 2.27. The van der Waals surface area contributed by atoms with E-state index in [1.165, 1.54) is 31.0 Å². The lowest BCUT2D eigenvalue weighted by Crippen LogP contribution is -2.12. The monoisotopic (exact) mass is 468 g/mol. The van der Waals surface area contributed by atoms with E-state index in [0.717, 1.165) is 5.56 Å². The maximum atomic E-state index is 12.8. The van der Waals surface area contributed by atoms with Gasteiger partial charge in [-0.25, -0.2) is 13.4 Å². The second-order valence-electron chi connectivity index (χ2n) is 7.02. The molecule has 0 saturated heterocycles. The first-order valence-corrected chi connectivity index (χ1v) is 12.1. The molecule has 7 nitrogen and oxygen atoms in total. The second kappa shape index (κ2) is 9.05. The lowest BCUT2D eigenvalue weighted by molar-refractivity contribution is 0.102. The molecule has 0 radical (unpaired) electrons. The van der Waals surface area contributed by atoms with Crippen LogP contribution < -0.4 is 9.46 Å². The maximum Gasteiger partial charge on any atom is 0.261 e. The Kier molecular flexibility index (Phi) is 6.20. The summed E-state index contributed by atoms with van der Waals surface area (Å²) in [5.74, 6) is 0.757. The number of sulfonamides is 1. The number of benzene rings is 3. The van der Waals surface area contributed by atoms with Gasteiger partial charge in [0.2, 0.25) is 0 Å². The number of aromatic nitrogens is 1. The number of carbonyl (C=O) groups is 1. The van der Waals surface area contributed by atoms with Crippen molar-refractivity contribution < 1.29 is 22.4 Å². The van der Waals surface area contributed by atoms with Crippen molar-refractivity contribution in [2.24, 2.45) is 0 Å². The summed E-state index contributed by atoms with van der Waals surface area (Å²) in [6.07, 6.45) is 0. The molecule has 0 saturated carbocycles. The smallest absolute Gasteiger partial charge is 0.261 e. The lowest BCUT2D eigenvalue weighted by Gasteiger charge is -2.08. The predicted molar refractivity (Wildman–Crippen MR) is 124 cm³/mol.